The molecule has 1 aliphatic heterocycles. The van der Waals surface area contributed by atoms with E-state index in [0.29, 0.717) is 37.3 Å². The number of nitrogens with one attached hydrogen (secondary N) is 1. The predicted molar refractivity (Wildman–Crippen MR) is 131 cm³/mol. The summed E-state index contributed by atoms with van der Waals surface area (Å²) in [4.78, 5) is 35.3. The van der Waals surface area contributed by atoms with E-state index < -0.39 is 0 Å². The second-order valence-electron chi connectivity index (χ2n) is 8.75. The maximum absolute atomic E-state index is 13.8. The highest BCUT2D eigenvalue weighted by Gasteiger charge is 2.20. The van der Waals surface area contributed by atoms with Crippen molar-refractivity contribution in [1.82, 2.24) is 24.6 Å². The number of pyridine rings is 2. The molecule has 0 spiro atoms. The number of benzene rings is 1. The number of nitrogens with zero attached hydrogens (tertiary/aromatic N) is 4. The topological polar surface area (TPSA) is 79.6 Å². The van der Waals surface area contributed by atoms with Crippen molar-refractivity contribution < 1.29 is 14.0 Å². The summed E-state index contributed by atoms with van der Waals surface area (Å²) in [6.07, 6.45) is 7.47. The molecular weight excluding hydrogens is 445 g/mol. The van der Waals surface area contributed by atoms with E-state index in [-0.39, 0.29) is 17.6 Å². The van der Waals surface area contributed by atoms with Crippen molar-refractivity contribution in [3.05, 3.63) is 78.3 Å². The summed E-state index contributed by atoms with van der Waals surface area (Å²) in [7, 11) is 0. The molecule has 0 unspecified atom stereocenters. The van der Waals surface area contributed by atoms with Gasteiger partial charge in [-0.15, -0.1) is 0 Å². The van der Waals surface area contributed by atoms with Crippen molar-refractivity contribution in [3.63, 3.8) is 0 Å². The molecule has 0 atom stereocenters. The molecule has 1 aromatic carbocycles. The van der Waals surface area contributed by atoms with Crippen molar-refractivity contribution in [3.8, 4) is 22.4 Å². The Bertz CT molecular complexity index is 1410. The molecule has 1 aliphatic rings. The van der Waals surface area contributed by atoms with Gasteiger partial charge < -0.3 is 10.2 Å². The van der Waals surface area contributed by atoms with Crippen LogP contribution in [0.2, 0.25) is 0 Å². The van der Waals surface area contributed by atoms with Gasteiger partial charge in [0.25, 0.3) is 5.91 Å². The smallest absolute Gasteiger partial charge is 0.287 e. The Balaban J connectivity index is 1.37. The number of likely N-dealkylation sites (tertiary alicyclic amines) is 1. The van der Waals surface area contributed by atoms with E-state index in [4.69, 9.17) is 0 Å². The van der Waals surface area contributed by atoms with Gasteiger partial charge in [-0.1, -0.05) is 12.1 Å². The lowest BCUT2D eigenvalue weighted by Crippen LogP contribution is -2.31. The van der Waals surface area contributed by atoms with Crippen molar-refractivity contribution in [2.24, 2.45) is 0 Å². The van der Waals surface area contributed by atoms with Gasteiger partial charge in [0.15, 0.2) is 0 Å². The first kappa shape index (κ1) is 22.7. The zero-order valence-corrected chi connectivity index (χ0v) is 19.5. The molecule has 4 heterocycles. The summed E-state index contributed by atoms with van der Waals surface area (Å²) in [5.74, 6) is -0.0416. The molecule has 3 aromatic heterocycles. The minimum absolute atomic E-state index is 0.189. The maximum Gasteiger partial charge on any atom is 0.287 e. The van der Waals surface area contributed by atoms with Crippen molar-refractivity contribution >= 4 is 17.3 Å². The van der Waals surface area contributed by atoms with Crippen LogP contribution in [0.5, 0.6) is 0 Å². The molecule has 1 fully saturated rings. The Labute approximate surface area is 202 Å². The first-order chi connectivity index (χ1) is 17.0. The summed E-state index contributed by atoms with van der Waals surface area (Å²) in [6.45, 7) is 3.65. The van der Waals surface area contributed by atoms with Gasteiger partial charge in [-0.2, -0.15) is 0 Å². The first-order valence-corrected chi connectivity index (χ1v) is 11.8. The summed E-state index contributed by atoms with van der Waals surface area (Å²) in [5, 5.41) is 2.92. The summed E-state index contributed by atoms with van der Waals surface area (Å²) >= 11 is 0. The van der Waals surface area contributed by atoms with Crippen LogP contribution < -0.4 is 5.32 Å². The van der Waals surface area contributed by atoms with Crippen LogP contribution in [0.15, 0.2) is 61.1 Å². The zero-order valence-electron chi connectivity index (χ0n) is 19.5. The Kier molecular flexibility index (Phi) is 6.27. The molecule has 35 heavy (non-hydrogen) atoms. The standard InChI is InChI=1S/C27H26FN5O2/c1-18-15-19(8-10-23(18)28)25-22(5-2-11-29-25)20-7-9-21-16-31-26(33(21)17-20)27(35)30-12-4-14-32-13-3-6-24(32)34/h2,5,7-11,15-17H,3-4,6,12-14H2,1H3,(H,30,35). The Hall–Kier alpha value is -4.07. The lowest BCUT2D eigenvalue weighted by molar-refractivity contribution is -0.127. The molecule has 178 valence electrons. The fourth-order valence-corrected chi connectivity index (χ4v) is 4.47. The number of amides is 2. The lowest BCUT2D eigenvalue weighted by atomic mass is 9.99. The average Bonchev–Trinajstić information content (AvgIpc) is 3.49. The largest absolute Gasteiger partial charge is 0.349 e. The molecule has 0 radical (unpaired) electrons. The number of fused-ring (bicyclic) bond motifs is 1. The van der Waals surface area contributed by atoms with E-state index in [1.165, 1.54) is 6.07 Å². The van der Waals surface area contributed by atoms with Gasteiger partial charge in [0.2, 0.25) is 11.7 Å². The van der Waals surface area contributed by atoms with E-state index in [1.54, 1.807) is 35.9 Å². The van der Waals surface area contributed by atoms with E-state index in [0.717, 1.165) is 40.9 Å². The van der Waals surface area contributed by atoms with Crippen LogP contribution >= 0.6 is 0 Å². The van der Waals surface area contributed by atoms with Gasteiger partial charge in [-0.05, 0) is 55.7 Å². The lowest BCUT2D eigenvalue weighted by Gasteiger charge is -2.15. The van der Waals surface area contributed by atoms with E-state index in [9.17, 15) is 14.0 Å². The molecule has 0 aliphatic carbocycles. The molecule has 1 N–H and O–H groups in total. The number of rotatable bonds is 7. The number of aryl methyl sites for hydroxylation is 1. The number of imidazole rings is 1. The third-order valence-electron chi connectivity index (χ3n) is 6.34. The van der Waals surface area contributed by atoms with E-state index in [1.807, 2.05) is 35.4 Å². The van der Waals surface area contributed by atoms with Crippen LogP contribution in [0.1, 0.15) is 35.4 Å². The minimum Gasteiger partial charge on any atom is -0.349 e. The van der Waals surface area contributed by atoms with Crippen LogP contribution in [-0.4, -0.2) is 50.7 Å². The second-order valence-corrected chi connectivity index (χ2v) is 8.75. The molecular formula is C27H26FN5O2. The zero-order chi connectivity index (χ0) is 24.4. The van der Waals surface area contributed by atoms with Gasteiger partial charge in [-0.3, -0.25) is 19.0 Å². The SMILES string of the molecule is Cc1cc(-c2ncccc2-c2ccc3cnc(C(=O)NCCCN4CCCC4=O)n3c2)ccc1F. The molecule has 7 nitrogen and oxygen atoms in total. The summed E-state index contributed by atoms with van der Waals surface area (Å²) < 4.78 is 15.6. The summed E-state index contributed by atoms with van der Waals surface area (Å²) in [6, 6.07) is 12.6. The van der Waals surface area contributed by atoms with Crippen LogP contribution in [0.4, 0.5) is 4.39 Å². The van der Waals surface area contributed by atoms with Crippen LogP contribution in [-0.2, 0) is 4.79 Å². The van der Waals surface area contributed by atoms with Crippen molar-refractivity contribution in [2.75, 3.05) is 19.6 Å². The number of hydrogen-bond donors (Lipinski definition) is 1. The number of halogens is 1. The van der Waals surface area contributed by atoms with Gasteiger partial charge in [0, 0.05) is 55.1 Å². The number of aromatic nitrogens is 3. The van der Waals surface area contributed by atoms with Crippen molar-refractivity contribution in [1.29, 1.82) is 0 Å². The van der Waals surface area contributed by atoms with Crippen molar-refractivity contribution in [2.45, 2.75) is 26.2 Å². The molecule has 0 saturated carbocycles. The minimum atomic E-state index is -0.268. The molecule has 1 saturated heterocycles. The van der Waals surface area contributed by atoms with Gasteiger partial charge in [0.1, 0.15) is 5.82 Å². The highest BCUT2D eigenvalue weighted by molar-refractivity contribution is 5.92. The monoisotopic (exact) mass is 471 g/mol. The third kappa shape index (κ3) is 4.64. The average molecular weight is 472 g/mol. The Morgan fingerprint density at radius 3 is 2.80 bits per heavy atom. The Morgan fingerprint density at radius 2 is 2.00 bits per heavy atom. The number of hydrogen-bond acceptors (Lipinski definition) is 4. The molecule has 0 bridgehead atoms. The Morgan fingerprint density at radius 1 is 1.14 bits per heavy atom. The van der Waals surface area contributed by atoms with E-state index in [2.05, 4.69) is 15.3 Å². The molecule has 4 aromatic rings. The molecule has 5 rings (SSSR count). The van der Waals surface area contributed by atoms with Gasteiger partial charge in [-0.25, -0.2) is 9.37 Å². The van der Waals surface area contributed by atoms with Gasteiger partial charge >= 0.3 is 0 Å². The molecule has 8 heteroatoms. The fourth-order valence-electron chi connectivity index (χ4n) is 4.47. The normalized spacial score (nSPS) is 13.5. The second kappa shape index (κ2) is 9.66. The number of carbonyl (C=O) groups excluding carboxylic acids is 2. The highest BCUT2D eigenvalue weighted by atomic mass is 19.1. The summed E-state index contributed by atoms with van der Waals surface area (Å²) in [5.41, 5.74) is 4.64. The van der Waals surface area contributed by atoms with Crippen LogP contribution in [0.25, 0.3) is 27.9 Å². The maximum atomic E-state index is 13.8. The van der Waals surface area contributed by atoms with Gasteiger partial charge in [0.05, 0.1) is 17.4 Å². The predicted octanol–water partition coefficient (Wildman–Crippen LogP) is 4.25. The quantitative estimate of drug-likeness (QED) is 0.409. The molecule has 2 amide bonds. The van der Waals surface area contributed by atoms with Crippen LogP contribution in [0, 0.1) is 12.7 Å². The fraction of sp³-hybridized carbons (Fsp3) is 0.259. The van der Waals surface area contributed by atoms with Crippen LogP contribution in [0.3, 0.4) is 0 Å². The first-order valence-electron chi connectivity index (χ1n) is 11.8. The number of carbonyl (C=O) groups is 2. The van der Waals surface area contributed by atoms with E-state index >= 15 is 0 Å². The third-order valence-corrected chi connectivity index (χ3v) is 6.34. The highest BCUT2D eigenvalue weighted by Crippen LogP contribution is 2.31.